The predicted octanol–water partition coefficient (Wildman–Crippen LogP) is 4.35. The Morgan fingerprint density at radius 3 is 2.62 bits per heavy atom. The first kappa shape index (κ1) is 17.3. The standard InChI is InChI=1S/C19H23ClO4/c1-4-22-13-5-6-15-16(9-13)23-10-17(19(15)21)24-14-7-11(2)18(20)12(3)8-14/h7-8,10,13,15-16H,4-6,9H2,1-3H3. The van der Waals surface area contributed by atoms with Crippen LogP contribution in [0.25, 0.3) is 0 Å². The molecule has 0 amide bonds. The van der Waals surface area contributed by atoms with Crippen LogP contribution in [0.1, 0.15) is 37.3 Å². The maximum absolute atomic E-state index is 12.7. The monoisotopic (exact) mass is 350 g/mol. The second-order valence-corrected chi connectivity index (χ2v) is 6.87. The van der Waals surface area contributed by atoms with Crippen molar-refractivity contribution in [2.24, 2.45) is 5.92 Å². The molecule has 130 valence electrons. The lowest BCUT2D eigenvalue weighted by Crippen LogP contribution is -2.42. The van der Waals surface area contributed by atoms with Crippen LogP contribution in [-0.4, -0.2) is 24.6 Å². The maximum atomic E-state index is 12.7. The first-order valence-electron chi connectivity index (χ1n) is 8.45. The molecule has 1 aromatic carbocycles. The van der Waals surface area contributed by atoms with E-state index in [0.717, 1.165) is 35.4 Å². The lowest BCUT2D eigenvalue weighted by atomic mass is 9.80. The van der Waals surface area contributed by atoms with Crippen LogP contribution in [0.15, 0.2) is 24.2 Å². The Balaban J connectivity index is 1.73. The predicted molar refractivity (Wildman–Crippen MR) is 92.3 cm³/mol. The van der Waals surface area contributed by atoms with Crippen molar-refractivity contribution in [3.8, 4) is 5.75 Å². The molecule has 3 rings (SSSR count). The van der Waals surface area contributed by atoms with Crippen molar-refractivity contribution in [3.05, 3.63) is 40.3 Å². The Morgan fingerprint density at radius 1 is 1.25 bits per heavy atom. The number of fused-ring (bicyclic) bond motifs is 1. The first-order chi connectivity index (χ1) is 11.5. The summed E-state index contributed by atoms with van der Waals surface area (Å²) in [6.07, 6.45) is 3.94. The number of benzene rings is 1. The summed E-state index contributed by atoms with van der Waals surface area (Å²) < 4.78 is 17.3. The molecule has 3 atom stereocenters. The minimum atomic E-state index is -0.142. The summed E-state index contributed by atoms with van der Waals surface area (Å²) in [5.41, 5.74) is 1.85. The van der Waals surface area contributed by atoms with Gasteiger partial charge in [0.05, 0.1) is 12.0 Å². The van der Waals surface area contributed by atoms with Crippen molar-refractivity contribution in [1.29, 1.82) is 0 Å². The van der Waals surface area contributed by atoms with E-state index in [4.69, 9.17) is 25.8 Å². The van der Waals surface area contributed by atoms with Gasteiger partial charge < -0.3 is 14.2 Å². The maximum Gasteiger partial charge on any atom is 0.207 e. The highest BCUT2D eigenvalue weighted by Gasteiger charge is 2.41. The van der Waals surface area contributed by atoms with Crippen molar-refractivity contribution in [1.82, 2.24) is 0 Å². The number of ketones is 1. The zero-order chi connectivity index (χ0) is 17.3. The van der Waals surface area contributed by atoms with E-state index in [1.54, 1.807) is 0 Å². The smallest absolute Gasteiger partial charge is 0.207 e. The Labute approximate surface area is 147 Å². The molecular weight excluding hydrogens is 328 g/mol. The van der Waals surface area contributed by atoms with E-state index in [1.165, 1.54) is 6.26 Å². The third-order valence-electron chi connectivity index (χ3n) is 4.71. The van der Waals surface area contributed by atoms with Crippen LogP contribution < -0.4 is 4.74 Å². The molecule has 2 aliphatic rings. The van der Waals surface area contributed by atoms with Gasteiger partial charge in [0, 0.05) is 18.1 Å². The Hall–Kier alpha value is -1.52. The second kappa shape index (κ2) is 7.16. The van der Waals surface area contributed by atoms with E-state index >= 15 is 0 Å². The van der Waals surface area contributed by atoms with Gasteiger partial charge in [0.2, 0.25) is 11.5 Å². The van der Waals surface area contributed by atoms with E-state index in [9.17, 15) is 4.79 Å². The third-order valence-corrected chi connectivity index (χ3v) is 5.31. The highest BCUT2D eigenvalue weighted by atomic mass is 35.5. The van der Waals surface area contributed by atoms with Crippen LogP contribution in [0.5, 0.6) is 5.75 Å². The summed E-state index contributed by atoms with van der Waals surface area (Å²) in [5, 5.41) is 0.719. The van der Waals surface area contributed by atoms with Gasteiger partial charge in [0.25, 0.3) is 0 Å². The summed E-state index contributed by atoms with van der Waals surface area (Å²) in [5.74, 6) is 0.758. The Kier molecular flexibility index (Phi) is 5.16. The summed E-state index contributed by atoms with van der Waals surface area (Å²) in [6.45, 7) is 6.51. The minimum absolute atomic E-state index is 0.0199. The second-order valence-electron chi connectivity index (χ2n) is 6.49. The number of rotatable bonds is 4. The zero-order valence-electron chi connectivity index (χ0n) is 14.3. The molecule has 0 spiro atoms. The molecule has 1 aliphatic heterocycles. The zero-order valence-corrected chi connectivity index (χ0v) is 15.1. The fraction of sp³-hybridized carbons (Fsp3) is 0.526. The lowest BCUT2D eigenvalue weighted by molar-refractivity contribution is -0.133. The summed E-state index contributed by atoms with van der Waals surface area (Å²) in [6, 6.07) is 3.67. The summed E-state index contributed by atoms with van der Waals surface area (Å²) in [4.78, 5) is 12.7. The average Bonchev–Trinajstić information content (AvgIpc) is 2.55. The van der Waals surface area contributed by atoms with Gasteiger partial charge in [0.15, 0.2) is 0 Å². The highest BCUT2D eigenvalue weighted by Crippen LogP contribution is 2.35. The van der Waals surface area contributed by atoms with Crippen LogP contribution in [0.4, 0.5) is 0 Å². The molecule has 4 nitrogen and oxygen atoms in total. The molecule has 5 heteroatoms. The SMILES string of the molecule is CCOC1CCC2C(=O)C(Oc3cc(C)c(Cl)c(C)c3)=COC2C1. The normalized spacial score (nSPS) is 26.4. The van der Waals surface area contributed by atoms with Gasteiger partial charge in [-0.05, 0) is 56.9 Å². The van der Waals surface area contributed by atoms with Crippen molar-refractivity contribution in [2.45, 2.75) is 52.2 Å². The number of aryl methyl sites for hydroxylation is 2. The molecule has 0 radical (unpaired) electrons. The van der Waals surface area contributed by atoms with Crippen LogP contribution in [0.2, 0.25) is 5.02 Å². The average molecular weight is 351 g/mol. The first-order valence-corrected chi connectivity index (χ1v) is 8.83. The number of hydrogen-bond donors (Lipinski definition) is 0. The van der Waals surface area contributed by atoms with Gasteiger partial charge in [-0.25, -0.2) is 0 Å². The largest absolute Gasteiger partial charge is 0.493 e. The van der Waals surface area contributed by atoms with Gasteiger partial charge >= 0.3 is 0 Å². The molecule has 0 aromatic heterocycles. The van der Waals surface area contributed by atoms with Crippen molar-refractivity contribution in [2.75, 3.05) is 6.61 Å². The topological polar surface area (TPSA) is 44.8 Å². The lowest BCUT2D eigenvalue weighted by Gasteiger charge is -2.37. The Bertz CT molecular complexity index is 644. The van der Waals surface area contributed by atoms with Crippen LogP contribution >= 0.6 is 11.6 Å². The molecule has 1 saturated carbocycles. The molecule has 0 N–H and O–H groups in total. The van der Waals surface area contributed by atoms with Gasteiger partial charge in [-0.15, -0.1) is 0 Å². The summed E-state index contributed by atoms with van der Waals surface area (Å²) in [7, 11) is 0. The fourth-order valence-electron chi connectivity index (χ4n) is 3.49. The number of halogens is 1. The molecule has 0 saturated heterocycles. The quantitative estimate of drug-likeness (QED) is 0.809. The van der Waals surface area contributed by atoms with Gasteiger partial charge in [-0.1, -0.05) is 11.6 Å². The van der Waals surface area contributed by atoms with E-state index in [0.29, 0.717) is 12.4 Å². The van der Waals surface area contributed by atoms with E-state index in [1.807, 2.05) is 32.9 Å². The van der Waals surface area contributed by atoms with Gasteiger partial charge in [0.1, 0.15) is 18.1 Å². The summed E-state index contributed by atoms with van der Waals surface area (Å²) >= 11 is 6.18. The molecule has 1 heterocycles. The number of ether oxygens (including phenoxy) is 3. The van der Waals surface area contributed by atoms with Crippen molar-refractivity contribution in [3.63, 3.8) is 0 Å². The number of Topliss-reactive ketones (excluding diaryl/α,β-unsaturated/α-hetero) is 1. The minimum Gasteiger partial charge on any atom is -0.493 e. The number of hydrogen-bond acceptors (Lipinski definition) is 4. The van der Waals surface area contributed by atoms with Crippen molar-refractivity contribution < 1.29 is 19.0 Å². The number of carbonyl (C=O) groups excluding carboxylic acids is 1. The van der Waals surface area contributed by atoms with Crippen molar-refractivity contribution >= 4 is 17.4 Å². The third kappa shape index (κ3) is 3.45. The number of carbonyl (C=O) groups is 1. The molecule has 24 heavy (non-hydrogen) atoms. The molecular formula is C19H23ClO4. The molecule has 0 bridgehead atoms. The van der Waals surface area contributed by atoms with Crippen LogP contribution in [0.3, 0.4) is 0 Å². The molecule has 3 unspecified atom stereocenters. The van der Waals surface area contributed by atoms with E-state index < -0.39 is 0 Å². The number of allylic oxidation sites excluding steroid dienone is 1. The van der Waals surface area contributed by atoms with Crippen LogP contribution in [-0.2, 0) is 14.3 Å². The van der Waals surface area contributed by atoms with Crippen LogP contribution in [0, 0.1) is 19.8 Å². The molecule has 1 aliphatic carbocycles. The van der Waals surface area contributed by atoms with Gasteiger partial charge in [-0.2, -0.15) is 0 Å². The molecule has 1 fully saturated rings. The van der Waals surface area contributed by atoms with E-state index in [-0.39, 0.29) is 29.7 Å². The highest BCUT2D eigenvalue weighted by molar-refractivity contribution is 6.32. The fourth-order valence-corrected chi connectivity index (χ4v) is 3.60. The molecule has 1 aromatic rings. The Morgan fingerprint density at radius 2 is 1.96 bits per heavy atom. The van der Waals surface area contributed by atoms with Gasteiger partial charge in [-0.3, -0.25) is 4.79 Å². The van der Waals surface area contributed by atoms with E-state index in [2.05, 4.69) is 0 Å².